The molecule has 0 aliphatic carbocycles. The number of aldehydes is 1. The van der Waals surface area contributed by atoms with Gasteiger partial charge in [0, 0.05) is 12.5 Å². The molecule has 1 unspecified atom stereocenters. The molecule has 5 heteroatoms. The summed E-state index contributed by atoms with van der Waals surface area (Å²) in [6.45, 7) is 5.54. The van der Waals surface area contributed by atoms with Crippen molar-refractivity contribution in [3.8, 4) is 0 Å². The first-order chi connectivity index (χ1) is 6.34. The predicted molar refractivity (Wildman–Crippen MR) is 56.0 cm³/mol. The van der Waals surface area contributed by atoms with E-state index in [-0.39, 0.29) is 12.5 Å². The Hall–Kier alpha value is -0.100. The lowest BCUT2D eigenvalue weighted by Gasteiger charge is -2.27. The van der Waals surface area contributed by atoms with Gasteiger partial charge in [0.1, 0.15) is 12.4 Å². The summed E-state index contributed by atoms with van der Waals surface area (Å²) in [6.07, 6.45) is 0.430. The van der Waals surface area contributed by atoms with E-state index in [9.17, 15) is 4.79 Å². The fourth-order valence-electron chi connectivity index (χ4n) is 1.65. The van der Waals surface area contributed by atoms with Crippen molar-refractivity contribution < 1.29 is 14.3 Å². The summed E-state index contributed by atoms with van der Waals surface area (Å²) in [7, 11) is 0. The van der Waals surface area contributed by atoms with E-state index >= 15 is 0 Å². The van der Waals surface area contributed by atoms with Gasteiger partial charge in [-0.05, 0) is 13.8 Å². The second kappa shape index (κ2) is 3.81. The van der Waals surface area contributed by atoms with Crippen LogP contribution in [0.25, 0.3) is 0 Å². The Bertz CT molecular complexity index is 234. The lowest BCUT2D eigenvalue weighted by atomic mass is 10.0. The van der Waals surface area contributed by atoms with Gasteiger partial charge in [0.2, 0.25) is 0 Å². The van der Waals surface area contributed by atoms with Gasteiger partial charge in [-0.1, -0.05) is 6.92 Å². The van der Waals surface area contributed by atoms with E-state index in [0.29, 0.717) is 0 Å². The van der Waals surface area contributed by atoms with Gasteiger partial charge in [0.25, 0.3) is 0 Å². The van der Waals surface area contributed by atoms with E-state index in [1.165, 1.54) is 0 Å². The maximum absolute atomic E-state index is 10.7. The predicted octanol–water partition coefficient (Wildman–Crippen LogP) is 0.558. The third-order valence-corrected chi connectivity index (χ3v) is 2.79. The molecule has 4 nitrogen and oxygen atoms in total. The minimum atomic E-state index is -0.871. The molecule has 0 bridgehead atoms. The number of carbonyl (C=O) groups is 1. The summed E-state index contributed by atoms with van der Waals surface area (Å²) in [4.78, 5) is 9.83. The first-order valence-electron chi connectivity index (χ1n) is 4.60. The van der Waals surface area contributed by atoms with E-state index in [1.54, 1.807) is 20.8 Å². The maximum Gasteiger partial charge on any atom is 0.165 e. The van der Waals surface area contributed by atoms with Crippen molar-refractivity contribution in [3.05, 3.63) is 0 Å². The average Bonchev–Trinajstić information content (AvgIpc) is 2.36. The molecule has 0 aromatic carbocycles. The summed E-state index contributed by atoms with van der Waals surface area (Å²) in [5, 5.41) is 0. The van der Waals surface area contributed by atoms with Crippen LogP contribution in [0.3, 0.4) is 0 Å². The van der Waals surface area contributed by atoms with Gasteiger partial charge >= 0.3 is 0 Å². The second-order valence-corrected chi connectivity index (χ2v) is 4.84. The summed E-state index contributed by atoms with van der Waals surface area (Å²) in [6, 6.07) is 0. The van der Waals surface area contributed by atoms with Crippen LogP contribution in [0.4, 0.5) is 0 Å². The fraction of sp³-hybridized carbons (Fsp3) is 0.889. The van der Waals surface area contributed by atoms with Gasteiger partial charge in [0.05, 0.1) is 0 Å². The number of rotatable bonds is 3. The zero-order chi connectivity index (χ0) is 11.0. The fourth-order valence-corrected chi connectivity index (χ4v) is 2.16. The van der Waals surface area contributed by atoms with Crippen LogP contribution < -0.4 is 5.73 Å². The number of hydrogen-bond acceptors (Lipinski definition) is 5. The third-order valence-electron chi connectivity index (χ3n) is 2.26. The smallest absolute Gasteiger partial charge is 0.165 e. The molecule has 14 heavy (non-hydrogen) atoms. The molecular weight excluding hydrogens is 202 g/mol. The van der Waals surface area contributed by atoms with Gasteiger partial charge < -0.3 is 20.0 Å². The van der Waals surface area contributed by atoms with E-state index in [2.05, 4.69) is 12.6 Å². The minimum Gasteiger partial charge on any atom is -0.343 e. The van der Waals surface area contributed by atoms with Crippen molar-refractivity contribution in [2.75, 3.05) is 6.54 Å². The molecule has 1 fully saturated rings. The molecule has 0 saturated carbocycles. The number of thiol groups is 1. The Balaban J connectivity index is 2.88. The molecule has 1 aliphatic heterocycles. The Morgan fingerprint density at radius 1 is 1.64 bits per heavy atom. The first-order valence-corrected chi connectivity index (χ1v) is 5.05. The highest BCUT2D eigenvalue weighted by Crippen LogP contribution is 2.41. The molecule has 0 amide bonds. The first kappa shape index (κ1) is 12.0. The van der Waals surface area contributed by atoms with Crippen molar-refractivity contribution in [2.24, 2.45) is 11.7 Å². The van der Waals surface area contributed by atoms with Gasteiger partial charge in [-0.2, -0.15) is 0 Å². The second-order valence-electron chi connectivity index (χ2n) is 4.08. The molecule has 2 N–H and O–H groups in total. The van der Waals surface area contributed by atoms with Crippen molar-refractivity contribution in [1.82, 2.24) is 0 Å². The van der Waals surface area contributed by atoms with Gasteiger partial charge in [-0.25, -0.2) is 0 Å². The molecule has 0 spiro atoms. The maximum atomic E-state index is 10.7. The van der Waals surface area contributed by atoms with Gasteiger partial charge in [-0.3, -0.25) is 0 Å². The highest BCUT2D eigenvalue weighted by Gasteiger charge is 2.52. The van der Waals surface area contributed by atoms with Crippen LogP contribution in [-0.2, 0) is 14.3 Å². The lowest BCUT2D eigenvalue weighted by Crippen LogP contribution is -2.45. The van der Waals surface area contributed by atoms with Crippen LogP contribution in [-0.4, -0.2) is 29.7 Å². The number of hydrogen-bond donors (Lipinski definition) is 2. The van der Waals surface area contributed by atoms with Crippen molar-refractivity contribution >= 4 is 18.9 Å². The molecule has 3 atom stereocenters. The van der Waals surface area contributed by atoms with Gasteiger partial charge in [-0.15, -0.1) is 12.6 Å². The number of carbonyl (C=O) groups excluding carboxylic acids is 1. The van der Waals surface area contributed by atoms with Crippen molar-refractivity contribution in [1.29, 1.82) is 0 Å². The largest absolute Gasteiger partial charge is 0.343 e. The van der Waals surface area contributed by atoms with E-state index in [4.69, 9.17) is 15.2 Å². The summed E-state index contributed by atoms with van der Waals surface area (Å²) < 4.78 is 11.2. The zero-order valence-electron chi connectivity index (χ0n) is 8.69. The molecule has 1 aliphatic rings. The van der Waals surface area contributed by atoms with Crippen LogP contribution in [0.2, 0.25) is 0 Å². The van der Waals surface area contributed by atoms with Crippen molar-refractivity contribution in [3.63, 3.8) is 0 Å². The SMILES string of the molecule is C[C@H](C=O)[C@@H]1OC(C)(C)OC1(S)CN. The molecule has 0 radical (unpaired) electrons. The molecule has 0 aromatic heterocycles. The molecule has 0 aromatic rings. The van der Waals surface area contributed by atoms with Crippen molar-refractivity contribution in [2.45, 2.75) is 37.6 Å². The van der Waals surface area contributed by atoms with Crippen LogP contribution >= 0.6 is 12.6 Å². The Kier molecular flexibility index (Phi) is 3.26. The molecule has 1 heterocycles. The van der Waals surface area contributed by atoms with E-state index in [0.717, 1.165) is 6.29 Å². The summed E-state index contributed by atoms with van der Waals surface area (Å²) >= 11 is 4.35. The summed E-state index contributed by atoms with van der Waals surface area (Å²) in [5.41, 5.74) is 5.57. The lowest BCUT2D eigenvalue weighted by molar-refractivity contribution is -0.152. The van der Waals surface area contributed by atoms with Crippen LogP contribution in [0.5, 0.6) is 0 Å². The highest BCUT2D eigenvalue weighted by atomic mass is 32.1. The standard InChI is InChI=1S/C9H17NO3S/c1-6(4-11)7-9(14,5-10)13-8(2,3)12-7/h4,6-7,14H,5,10H2,1-3H3/t6-,7+,9?/m1/s1. The quantitative estimate of drug-likeness (QED) is 0.538. The van der Waals surface area contributed by atoms with Crippen LogP contribution in [0, 0.1) is 5.92 Å². The Morgan fingerprint density at radius 3 is 2.64 bits per heavy atom. The normalized spacial score (nSPS) is 38.2. The average molecular weight is 219 g/mol. The highest BCUT2D eigenvalue weighted by molar-refractivity contribution is 7.81. The van der Waals surface area contributed by atoms with E-state index in [1.807, 2.05) is 0 Å². The van der Waals surface area contributed by atoms with E-state index < -0.39 is 16.8 Å². The van der Waals surface area contributed by atoms with Crippen LogP contribution in [0.15, 0.2) is 0 Å². The minimum absolute atomic E-state index is 0.211. The zero-order valence-corrected chi connectivity index (χ0v) is 9.58. The number of nitrogens with two attached hydrogens (primary N) is 1. The third kappa shape index (κ3) is 2.11. The van der Waals surface area contributed by atoms with Gasteiger partial charge in [0.15, 0.2) is 10.7 Å². The topological polar surface area (TPSA) is 61.5 Å². The molecule has 1 rings (SSSR count). The Morgan fingerprint density at radius 2 is 2.21 bits per heavy atom. The van der Waals surface area contributed by atoms with Crippen LogP contribution in [0.1, 0.15) is 20.8 Å². The molecule has 82 valence electrons. The summed E-state index contributed by atoms with van der Waals surface area (Å²) in [5.74, 6) is -1.01. The monoisotopic (exact) mass is 219 g/mol. The molecule has 1 saturated heterocycles. The molecular formula is C9H17NO3S. The number of ether oxygens (including phenoxy) is 2. The Labute approximate surface area is 89.5 Å².